The van der Waals surface area contributed by atoms with Crippen molar-refractivity contribution in [2.24, 2.45) is 0 Å². The van der Waals surface area contributed by atoms with E-state index >= 15 is 0 Å². The van der Waals surface area contributed by atoms with Gasteiger partial charge in [-0.15, -0.1) is 0 Å². The lowest BCUT2D eigenvalue weighted by atomic mass is 10.0. The summed E-state index contributed by atoms with van der Waals surface area (Å²) in [5, 5.41) is 0. The van der Waals surface area contributed by atoms with Gasteiger partial charge in [0.1, 0.15) is 6.54 Å². The smallest absolute Gasteiger partial charge is 0.169 e. The first kappa shape index (κ1) is 20.7. The summed E-state index contributed by atoms with van der Waals surface area (Å²) in [6.07, 6.45) is 16.3. The Labute approximate surface area is 154 Å². The van der Waals surface area contributed by atoms with Crippen LogP contribution in [-0.4, -0.2) is 0 Å². The number of nitrogens with zero attached hydrogens (tertiary/aromatic N) is 1. The molecule has 1 aromatic heterocycles. The Balaban J connectivity index is 0.00000288. The van der Waals surface area contributed by atoms with Crippen LogP contribution in [0.1, 0.15) is 63.0 Å². The molecule has 2 rings (SSSR count). The second-order valence-corrected chi connectivity index (χ2v) is 6.55. The van der Waals surface area contributed by atoms with E-state index in [2.05, 4.69) is 66.3 Å². The molecule has 2 heteroatoms. The van der Waals surface area contributed by atoms with E-state index in [-0.39, 0.29) is 12.4 Å². The summed E-state index contributed by atoms with van der Waals surface area (Å²) in [6.45, 7) is 3.44. The van der Waals surface area contributed by atoms with Crippen molar-refractivity contribution in [2.45, 2.75) is 71.3 Å². The van der Waals surface area contributed by atoms with Crippen molar-refractivity contribution in [3.63, 3.8) is 0 Å². The largest absolute Gasteiger partial charge is 1.00 e. The van der Waals surface area contributed by atoms with Gasteiger partial charge in [-0.05, 0) is 36.8 Å². The van der Waals surface area contributed by atoms with Crippen LogP contribution in [-0.2, 0) is 19.4 Å². The van der Waals surface area contributed by atoms with E-state index in [1.165, 1.54) is 68.9 Å². The van der Waals surface area contributed by atoms with Crippen LogP contribution < -0.4 is 17.0 Å². The fourth-order valence-electron chi connectivity index (χ4n) is 3.02. The van der Waals surface area contributed by atoms with Crippen LogP contribution in [0, 0.1) is 0 Å². The number of aromatic nitrogens is 1. The predicted molar refractivity (Wildman–Crippen MR) is 98.5 cm³/mol. The molecule has 24 heavy (non-hydrogen) atoms. The van der Waals surface area contributed by atoms with Gasteiger partial charge in [0, 0.05) is 18.6 Å². The first-order valence-electron chi connectivity index (χ1n) is 9.40. The molecule has 0 unspecified atom stereocenters. The van der Waals surface area contributed by atoms with Gasteiger partial charge in [-0.3, -0.25) is 0 Å². The summed E-state index contributed by atoms with van der Waals surface area (Å²) in [7, 11) is 0. The monoisotopic (exact) mass is 345 g/mol. The molecule has 132 valence electrons. The van der Waals surface area contributed by atoms with E-state index in [1.807, 2.05) is 0 Å². The topological polar surface area (TPSA) is 3.88 Å². The summed E-state index contributed by atoms with van der Waals surface area (Å²) in [5.74, 6) is 0. The molecular weight excluding hydrogens is 314 g/mol. The molecule has 0 bridgehead atoms. The normalized spacial score (nSPS) is 10.4. The highest BCUT2D eigenvalue weighted by molar-refractivity contribution is 5.15. The number of pyridine rings is 1. The molecule has 1 aromatic carbocycles. The van der Waals surface area contributed by atoms with Crippen LogP contribution in [0.15, 0.2) is 54.9 Å². The zero-order chi connectivity index (χ0) is 16.2. The molecule has 0 aliphatic heterocycles. The van der Waals surface area contributed by atoms with Crippen LogP contribution in [0.5, 0.6) is 0 Å². The van der Waals surface area contributed by atoms with Crippen molar-refractivity contribution in [1.82, 2.24) is 0 Å². The summed E-state index contributed by atoms with van der Waals surface area (Å²) in [4.78, 5) is 0. The summed E-state index contributed by atoms with van der Waals surface area (Å²) >= 11 is 0. The maximum Gasteiger partial charge on any atom is 0.169 e. The number of aryl methyl sites for hydroxylation is 3. The number of hydrogen-bond acceptors (Lipinski definition) is 0. The van der Waals surface area contributed by atoms with Gasteiger partial charge in [0.15, 0.2) is 12.4 Å². The molecule has 1 nitrogen and oxygen atoms in total. The van der Waals surface area contributed by atoms with E-state index in [0.29, 0.717) is 0 Å². The quantitative estimate of drug-likeness (QED) is 0.435. The number of hydrogen-bond donors (Lipinski definition) is 0. The molecular formula is C22H32ClN. The van der Waals surface area contributed by atoms with E-state index in [0.717, 1.165) is 6.54 Å². The molecule has 2 aromatic rings. The van der Waals surface area contributed by atoms with Crippen LogP contribution in [0.2, 0.25) is 0 Å². The molecule has 0 amide bonds. The third-order valence-corrected chi connectivity index (χ3v) is 4.50. The fourth-order valence-corrected chi connectivity index (χ4v) is 3.02. The Morgan fingerprint density at radius 3 is 1.92 bits per heavy atom. The van der Waals surface area contributed by atoms with Gasteiger partial charge in [-0.2, -0.15) is 0 Å². The first-order chi connectivity index (χ1) is 11.4. The Morgan fingerprint density at radius 2 is 1.25 bits per heavy atom. The van der Waals surface area contributed by atoms with Gasteiger partial charge in [0.05, 0.1) is 0 Å². The van der Waals surface area contributed by atoms with Crippen molar-refractivity contribution in [3.05, 3.63) is 66.0 Å². The second kappa shape index (κ2) is 13.0. The third-order valence-electron chi connectivity index (χ3n) is 4.50. The Hall–Kier alpha value is -1.34. The molecule has 1 heterocycles. The lowest BCUT2D eigenvalue weighted by Gasteiger charge is -2.03. The molecule has 0 atom stereocenters. The van der Waals surface area contributed by atoms with Gasteiger partial charge in [-0.25, -0.2) is 4.57 Å². The Kier molecular flexibility index (Phi) is 11.2. The molecule has 0 spiro atoms. The predicted octanol–water partition coefficient (Wildman–Crippen LogP) is 2.51. The zero-order valence-electron chi connectivity index (χ0n) is 15.1. The minimum Gasteiger partial charge on any atom is -1.00 e. The molecule has 0 aliphatic rings. The van der Waals surface area contributed by atoms with Crippen LogP contribution in [0.4, 0.5) is 0 Å². The Morgan fingerprint density at radius 1 is 0.667 bits per heavy atom. The van der Waals surface area contributed by atoms with Gasteiger partial charge in [0.2, 0.25) is 0 Å². The summed E-state index contributed by atoms with van der Waals surface area (Å²) in [6, 6.07) is 15.4. The third kappa shape index (κ3) is 8.49. The van der Waals surface area contributed by atoms with Crippen LogP contribution in [0.25, 0.3) is 0 Å². The van der Waals surface area contributed by atoms with Crippen molar-refractivity contribution in [2.75, 3.05) is 0 Å². The van der Waals surface area contributed by atoms with Gasteiger partial charge in [0.25, 0.3) is 0 Å². The minimum absolute atomic E-state index is 0. The average Bonchev–Trinajstić information content (AvgIpc) is 2.60. The van der Waals surface area contributed by atoms with E-state index in [4.69, 9.17) is 0 Å². The fraction of sp³-hybridized carbons (Fsp3) is 0.500. The number of benzene rings is 1. The van der Waals surface area contributed by atoms with Crippen LogP contribution in [0.3, 0.4) is 0 Å². The number of unbranched alkanes of at least 4 members (excludes halogenated alkanes) is 5. The van der Waals surface area contributed by atoms with E-state index in [1.54, 1.807) is 0 Å². The van der Waals surface area contributed by atoms with Gasteiger partial charge >= 0.3 is 0 Å². The maximum atomic E-state index is 2.33. The first-order valence-corrected chi connectivity index (χ1v) is 9.40. The highest BCUT2D eigenvalue weighted by atomic mass is 35.5. The van der Waals surface area contributed by atoms with Crippen LogP contribution >= 0.6 is 0 Å². The molecule has 0 saturated carbocycles. The molecule has 0 radical (unpaired) electrons. The summed E-state index contributed by atoms with van der Waals surface area (Å²) in [5.41, 5.74) is 2.90. The highest BCUT2D eigenvalue weighted by Gasteiger charge is 2.01. The minimum atomic E-state index is 0. The SMILES string of the molecule is CCCCCCCC[n+]1ccc(CCCc2ccccc2)cc1.[Cl-]. The highest BCUT2D eigenvalue weighted by Crippen LogP contribution is 2.08. The number of rotatable bonds is 11. The molecule has 0 aliphatic carbocycles. The summed E-state index contributed by atoms with van der Waals surface area (Å²) < 4.78 is 2.33. The van der Waals surface area contributed by atoms with E-state index in [9.17, 15) is 0 Å². The van der Waals surface area contributed by atoms with Crippen molar-refractivity contribution >= 4 is 0 Å². The second-order valence-electron chi connectivity index (χ2n) is 6.55. The van der Waals surface area contributed by atoms with E-state index < -0.39 is 0 Å². The average molecular weight is 346 g/mol. The van der Waals surface area contributed by atoms with Gasteiger partial charge < -0.3 is 12.4 Å². The zero-order valence-corrected chi connectivity index (χ0v) is 15.8. The number of halogens is 1. The lowest BCUT2D eigenvalue weighted by Crippen LogP contribution is -3.00. The standard InChI is InChI=1S/C22H32N.ClH/c1-2-3-4-5-6-10-18-23-19-16-22(17-20-23)15-11-14-21-12-8-7-9-13-21;/h7-9,12-13,16-17,19-20H,2-6,10-11,14-15,18H2,1H3;1H/q+1;/p-1. The maximum absolute atomic E-state index is 2.33. The van der Waals surface area contributed by atoms with Crippen molar-refractivity contribution in [1.29, 1.82) is 0 Å². The lowest BCUT2D eigenvalue weighted by molar-refractivity contribution is -0.697. The Bertz CT molecular complexity index is 521. The molecule has 0 N–H and O–H groups in total. The van der Waals surface area contributed by atoms with Gasteiger partial charge in [-0.1, -0.05) is 62.9 Å². The molecule has 0 fully saturated rings. The van der Waals surface area contributed by atoms with Crippen molar-refractivity contribution in [3.8, 4) is 0 Å². The van der Waals surface area contributed by atoms with Crippen molar-refractivity contribution < 1.29 is 17.0 Å². The molecule has 0 saturated heterocycles.